The molecule has 2 aliphatic rings. The van der Waals surface area contributed by atoms with Crippen molar-refractivity contribution in [3.8, 4) is 0 Å². The van der Waals surface area contributed by atoms with E-state index in [-0.39, 0.29) is 37.7 Å². The molecule has 2 aliphatic heterocycles. The Morgan fingerprint density at radius 1 is 1.14 bits per heavy atom. The molecular formula is C29H40N4O9. The molecule has 1 saturated heterocycles. The predicted molar refractivity (Wildman–Crippen MR) is 150 cm³/mol. The van der Waals surface area contributed by atoms with Crippen LogP contribution in [0.3, 0.4) is 0 Å². The Morgan fingerprint density at radius 2 is 1.86 bits per heavy atom. The normalized spacial score (nSPS) is 22.7. The van der Waals surface area contributed by atoms with Gasteiger partial charge in [0.25, 0.3) is 5.91 Å². The molecule has 5 N–H and O–H groups in total. The highest BCUT2D eigenvalue weighted by molar-refractivity contribution is 5.89. The molecule has 2 heterocycles. The van der Waals surface area contributed by atoms with Crippen LogP contribution in [0, 0.1) is 0 Å². The van der Waals surface area contributed by atoms with Crippen molar-refractivity contribution in [1.82, 2.24) is 20.9 Å². The summed E-state index contributed by atoms with van der Waals surface area (Å²) in [5, 5.41) is 28.6. The third kappa shape index (κ3) is 9.86. The summed E-state index contributed by atoms with van der Waals surface area (Å²) >= 11 is 0. The zero-order chi connectivity index (χ0) is 30.9. The van der Waals surface area contributed by atoms with Crippen molar-refractivity contribution >= 4 is 23.9 Å². The second-order valence-corrected chi connectivity index (χ2v) is 11.1. The smallest absolute Gasteiger partial charge is 0.408 e. The molecule has 13 heteroatoms. The Labute approximate surface area is 244 Å². The molecule has 230 valence electrons. The molecule has 3 amide bonds. The minimum Gasteiger partial charge on any atom is -0.466 e. The first-order valence-corrected chi connectivity index (χ1v) is 13.8. The number of carbonyl (C=O) groups is 4. The summed E-state index contributed by atoms with van der Waals surface area (Å²) < 4.78 is 16.6. The lowest BCUT2D eigenvalue weighted by atomic mass is 10.1. The fourth-order valence-corrected chi connectivity index (χ4v) is 4.32. The van der Waals surface area contributed by atoms with Crippen molar-refractivity contribution in [3.05, 3.63) is 60.6 Å². The maximum atomic E-state index is 12.3. The number of benzene rings is 1. The summed E-state index contributed by atoms with van der Waals surface area (Å²) in [5.74, 6) is -1.22. The number of hydrogen-bond acceptors (Lipinski definition) is 10. The molecular weight excluding hydrogens is 548 g/mol. The lowest BCUT2D eigenvalue weighted by Crippen LogP contribution is -2.46. The number of nitrogens with zero attached hydrogens (tertiary/aromatic N) is 1. The van der Waals surface area contributed by atoms with Crippen LogP contribution in [0.4, 0.5) is 4.79 Å². The molecule has 13 nitrogen and oxygen atoms in total. The molecule has 0 radical (unpaired) electrons. The van der Waals surface area contributed by atoms with E-state index >= 15 is 0 Å². The highest BCUT2D eigenvalue weighted by Crippen LogP contribution is 2.27. The number of aliphatic hydroxyl groups excluding tert-OH is 2. The van der Waals surface area contributed by atoms with E-state index in [4.69, 9.17) is 14.2 Å². The number of amides is 3. The average molecular weight is 589 g/mol. The van der Waals surface area contributed by atoms with E-state index in [0.717, 1.165) is 5.56 Å². The van der Waals surface area contributed by atoms with Crippen LogP contribution < -0.4 is 16.0 Å². The highest BCUT2D eigenvalue weighted by atomic mass is 16.6. The number of hydrogen-bond donors (Lipinski definition) is 5. The van der Waals surface area contributed by atoms with Crippen LogP contribution in [0.25, 0.3) is 0 Å². The van der Waals surface area contributed by atoms with Crippen molar-refractivity contribution < 1.29 is 43.6 Å². The first-order chi connectivity index (χ1) is 19.8. The van der Waals surface area contributed by atoms with E-state index in [1.54, 1.807) is 0 Å². The zero-order valence-electron chi connectivity index (χ0n) is 24.1. The number of esters is 1. The Bertz CT molecular complexity index is 1150. The minimum atomic E-state index is -1.32. The summed E-state index contributed by atoms with van der Waals surface area (Å²) in [7, 11) is 0. The molecule has 5 unspecified atom stereocenters. The molecule has 0 aromatic heterocycles. The van der Waals surface area contributed by atoms with Crippen molar-refractivity contribution in [2.75, 3.05) is 13.2 Å². The van der Waals surface area contributed by atoms with Gasteiger partial charge in [-0.3, -0.25) is 14.4 Å². The van der Waals surface area contributed by atoms with Crippen LogP contribution in [0.15, 0.2) is 55.0 Å². The average Bonchev–Trinajstić information content (AvgIpc) is 3.20. The van der Waals surface area contributed by atoms with Gasteiger partial charge in [0, 0.05) is 30.8 Å². The molecule has 3 rings (SSSR count). The number of aliphatic hydroxyl groups is 2. The summed E-state index contributed by atoms with van der Waals surface area (Å²) in [6.45, 7) is 9.24. The Balaban J connectivity index is 1.36. The van der Waals surface area contributed by atoms with Crippen LogP contribution in [0.2, 0.25) is 0 Å². The molecule has 0 spiro atoms. The third-order valence-corrected chi connectivity index (χ3v) is 6.41. The second-order valence-electron chi connectivity index (χ2n) is 11.1. The quantitative estimate of drug-likeness (QED) is 0.177. The lowest BCUT2D eigenvalue weighted by Gasteiger charge is -2.32. The molecule has 1 aromatic carbocycles. The zero-order valence-corrected chi connectivity index (χ0v) is 24.1. The Morgan fingerprint density at radius 3 is 2.52 bits per heavy atom. The van der Waals surface area contributed by atoms with Crippen LogP contribution in [0.5, 0.6) is 0 Å². The van der Waals surface area contributed by atoms with Gasteiger partial charge in [-0.1, -0.05) is 36.9 Å². The van der Waals surface area contributed by atoms with E-state index in [2.05, 4.69) is 22.5 Å². The third-order valence-electron chi connectivity index (χ3n) is 6.41. The predicted octanol–water partition coefficient (Wildman–Crippen LogP) is 1.34. The van der Waals surface area contributed by atoms with Gasteiger partial charge in [0.2, 0.25) is 5.91 Å². The molecule has 0 saturated carbocycles. The van der Waals surface area contributed by atoms with Crippen LogP contribution in [-0.4, -0.2) is 82.2 Å². The van der Waals surface area contributed by atoms with Gasteiger partial charge in [-0.15, -0.1) is 0 Å². The van der Waals surface area contributed by atoms with E-state index in [9.17, 15) is 29.4 Å². The van der Waals surface area contributed by atoms with Gasteiger partial charge >= 0.3 is 12.1 Å². The van der Waals surface area contributed by atoms with E-state index < -0.39 is 54.2 Å². The highest BCUT2D eigenvalue weighted by Gasteiger charge is 2.46. The Hall–Kier alpha value is -3.94. The monoisotopic (exact) mass is 588 g/mol. The summed E-state index contributed by atoms with van der Waals surface area (Å²) in [5.41, 5.74) is 0.373. The lowest BCUT2D eigenvalue weighted by molar-refractivity contribution is -0.145. The van der Waals surface area contributed by atoms with Crippen LogP contribution in [0.1, 0.15) is 58.1 Å². The van der Waals surface area contributed by atoms with E-state index in [1.807, 2.05) is 51.1 Å². The van der Waals surface area contributed by atoms with Gasteiger partial charge in [0.05, 0.1) is 13.0 Å². The Kier molecular flexibility index (Phi) is 11.5. The van der Waals surface area contributed by atoms with Crippen LogP contribution >= 0.6 is 0 Å². The van der Waals surface area contributed by atoms with Crippen LogP contribution in [-0.2, 0) is 28.6 Å². The van der Waals surface area contributed by atoms with Crippen molar-refractivity contribution in [3.63, 3.8) is 0 Å². The van der Waals surface area contributed by atoms with Crippen molar-refractivity contribution in [2.24, 2.45) is 0 Å². The molecule has 42 heavy (non-hydrogen) atoms. The van der Waals surface area contributed by atoms with Gasteiger partial charge in [-0.05, 0) is 39.2 Å². The number of carbonyl (C=O) groups excluding carboxylic acids is 4. The summed E-state index contributed by atoms with van der Waals surface area (Å²) in [6.07, 6.45) is -2.45. The van der Waals surface area contributed by atoms with Gasteiger partial charge in [-0.25, -0.2) is 4.79 Å². The van der Waals surface area contributed by atoms with Gasteiger partial charge in [0.15, 0.2) is 6.23 Å². The maximum Gasteiger partial charge on any atom is 0.408 e. The van der Waals surface area contributed by atoms with Gasteiger partial charge < -0.3 is 45.3 Å². The van der Waals surface area contributed by atoms with Gasteiger partial charge in [-0.2, -0.15) is 0 Å². The number of nitrogens with one attached hydrogen (secondary N) is 3. The maximum absolute atomic E-state index is 12.3. The minimum absolute atomic E-state index is 0.0894. The standard InChI is InChI=1S/C29H40N4O9/c1-18-31-23(35)14-15-33(18)27-26(38)25(37)21(41-27)17-30-22(34)12-13-24(36)40-16-8-11-20(19-9-6-5-7-10-19)42-28(39)32-29(2,3)4/h5-7,9-10,14-15,20-21,25-27,37-38H,1,8,11-13,16-17H2,2-4H3,(H,30,34)(H,31,35)(H,32,39). The fraction of sp³-hybridized carbons (Fsp3) is 0.517. The fourth-order valence-electron chi connectivity index (χ4n) is 4.32. The topological polar surface area (TPSA) is 176 Å². The molecule has 5 atom stereocenters. The van der Waals surface area contributed by atoms with E-state index in [1.165, 1.54) is 17.2 Å². The molecule has 0 aliphatic carbocycles. The van der Waals surface area contributed by atoms with E-state index in [0.29, 0.717) is 12.8 Å². The first-order valence-electron chi connectivity index (χ1n) is 13.8. The summed E-state index contributed by atoms with van der Waals surface area (Å²) in [4.78, 5) is 49.6. The first kappa shape index (κ1) is 32.6. The second kappa shape index (κ2) is 14.8. The number of rotatable bonds is 12. The SMILES string of the molecule is C=C1NC(=O)C=CN1C1OC(CNC(=O)CCC(=O)OCCCC(OC(=O)NC(C)(C)C)c2ccccc2)C(O)C1O. The van der Waals surface area contributed by atoms with Crippen molar-refractivity contribution in [1.29, 1.82) is 0 Å². The number of ether oxygens (including phenoxy) is 3. The molecule has 0 bridgehead atoms. The van der Waals surface area contributed by atoms with Gasteiger partial charge in [0.1, 0.15) is 30.2 Å². The van der Waals surface area contributed by atoms with Crippen molar-refractivity contribution in [2.45, 2.75) is 82.6 Å². The number of alkyl carbamates (subject to hydrolysis) is 1. The summed E-state index contributed by atoms with van der Waals surface area (Å²) in [6, 6.07) is 9.28. The molecule has 1 aromatic rings. The largest absolute Gasteiger partial charge is 0.466 e. The molecule has 1 fully saturated rings.